The zero-order valence-corrected chi connectivity index (χ0v) is 16.9. The third-order valence-electron chi connectivity index (χ3n) is 3.63. The number of halogens is 2. The van der Waals surface area contributed by atoms with Crippen LogP contribution in [0.5, 0.6) is 11.5 Å². The molecule has 0 bridgehead atoms. The zero-order valence-electron chi connectivity index (χ0n) is 14.6. The highest BCUT2D eigenvalue weighted by molar-refractivity contribution is 9.10. The summed E-state index contributed by atoms with van der Waals surface area (Å²) in [7, 11) is 1.53. The van der Waals surface area contributed by atoms with Gasteiger partial charge >= 0.3 is 0 Å². The highest BCUT2D eigenvalue weighted by Crippen LogP contribution is 2.32. The molecule has 0 atom stereocenters. The number of phenols is 1. The SMILES string of the molecule is CCCCC(=O)Nc1ccc(N=Cc2cc(Cl)cc(Br)c2O)cc1OC. The van der Waals surface area contributed by atoms with Crippen molar-refractivity contribution in [2.24, 2.45) is 4.99 Å². The van der Waals surface area contributed by atoms with Crippen molar-refractivity contribution >= 4 is 51.0 Å². The van der Waals surface area contributed by atoms with E-state index in [0.29, 0.717) is 38.6 Å². The van der Waals surface area contributed by atoms with E-state index in [1.807, 2.05) is 6.92 Å². The summed E-state index contributed by atoms with van der Waals surface area (Å²) in [5.74, 6) is 0.529. The number of hydrogen-bond donors (Lipinski definition) is 2. The molecule has 0 saturated heterocycles. The highest BCUT2D eigenvalue weighted by atomic mass is 79.9. The number of carbonyl (C=O) groups is 1. The van der Waals surface area contributed by atoms with Gasteiger partial charge in [-0.25, -0.2) is 0 Å². The summed E-state index contributed by atoms with van der Waals surface area (Å²) in [6.45, 7) is 2.04. The van der Waals surface area contributed by atoms with E-state index in [1.165, 1.54) is 13.3 Å². The molecule has 2 N–H and O–H groups in total. The molecule has 0 saturated carbocycles. The molecule has 5 nitrogen and oxygen atoms in total. The minimum atomic E-state index is -0.0462. The first kappa shape index (κ1) is 20.3. The molecule has 0 aliphatic heterocycles. The number of rotatable bonds is 7. The van der Waals surface area contributed by atoms with Crippen molar-refractivity contribution in [2.45, 2.75) is 26.2 Å². The largest absolute Gasteiger partial charge is 0.506 e. The maximum absolute atomic E-state index is 11.9. The Kier molecular flexibility index (Phi) is 7.48. The number of nitrogens with one attached hydrogen (secondary N) is 1. The van der Waals surface area contributed by atoms with Crippen molar-refractivity contribution in [3.05, 3.63) is 45.4 Å². The summed E-state index contributed by atoms with van der Waals surface area (Å²) in [6.07, 6.45) is 3.79. The average Bonchev–Trinajstić information content (AvgIpc) is 2.62. The number of carbonyl (C=O) groups excluding carboxylic acids is 1. The van der Waals surface area contributed by atoms with Gasteiger partial charge in [0.1, 0.15) is 11.5 Å². The van der Waals surface area contributed by atoms with E-state index in [-0.39, 0.29) is 11.7 Å². The second-order valence-electron chi connectivity index (χ2n) is 5.62. The van der Waals surface area contributed by atoms with Gasteiger partial charge in [-0.05, 0) is 46.6 Å². The van der Waals surface area contributed by atoms with Crippen molar-refractivity contribution < 1.29 is 14.6 Å². The van der Waals surface area contributed by atoms with Gasteiger partial charge in [0.05, 0.1) is 23.0 Å². The number of anilines is 1. The molecule has 0 heterocycles. The smallest absolute Gasteiger partial charge is 0.224 e. The predicted octanol–water partition coefficient (Wildman–Crippen LogP) is 5.70. The van der Waals surface area contributed by atoms with Crippen LogP contribution in [0.4, 0.5) is 11.4 Å². The van der Waals surface area contributed by atoms with Crippen molar-refractivity contribution in [1.29, 1.82) is 0 Å². The normalized spacial score (nSPS) is 10.9. The van der Waals surface area contributed by atoms with Gasteiger partial charge in [0.15, 0.2) is 0 Å². The van der Waals surface area contributed by atoms with Crippen LogP contribution in [0.2, 0.25) is 5.02 Å². The van der Waals surface area contributed by atoms with Crippen molar-refractivity contribution in [3.8, 4) is 11.5 Å². The molecular weight excluding hydrogens is 420 g/mol. The Bertz CT molecular complexity index is 825. The Hall–Kier alpha value is -2.05. The Balaban J connectivity index is 2.20. The van der Waals surface area contributed by atoms with Gasteiger partial charge in [0, 0.05) is 29.3 Å². The number of phenolic OH excluding ortho intramolecular Hbond substituents is 1. The van der Waals surface area contributed by atoms with Gasteiger partial charge in [-0.15, -0.1) is 0 Å². The fraction of sp³-hybridized carbons (Fsp3) is 0.263. The molecule has 2 rings (SSSR count). The molecule has 7 heteroatoms. The average molecular weight is 440 g/mol. The monoisotopic (exact) mass is 438 g/mol. The molecule has 0 unspecified atom stereocenters. The number of aromatic hydroxyl groups is 1. The summed E-state index contributed by atoms with van der Waals surface area (Å²) in [4.78, 5) is 16.2. The van der Waals surface area contributed by atoms with Crippen LogP contribution in [0.3, 0.4) is 0 Å². The van der Waals surface area contributed by atoms with E-state index in [2.05, 4.69) is 26.2 Å². The fourth-order valence-electron chi connectivity index (χ4n) is 2.24. The molecule has 0 aliphatic carbocycles. The Morgan fingerprint density at radius 1 is 1.38 bits per heavy atom. The van der Waals surface area contributed by atoms with Crippen LogP contribution in [-0.4, -0.2) is 24.3 Å². The number of hydrogen-bond acceptors (Lipinski definition) is 4. The molecule has 0 spiro atoms. The Morgan fingerprint density at radius 2 is 2.15 bits per heavy atom. The third-order valence-corrected chi connectivity index (χ3v) is 4.45. The number of nitrogens with zero attached hydrogens (tertiary/aromatic N) is 1. The molecular formula is C19H20BrClN2O3. The van der Waals surface area contributed by atoms with Crippen LogP contribution in [0.25, 0.3) is 0 Å². The van der Waals surface area contributed by atoms with Gasteiger partial charge in [-0.1, -0.05) is 24.9 Å². The summed E-state index contributed by atoms with van der Waals surface area (Å²) in [6, 6.07) is 8.43. The first-order valence-corrected chi connectivity index (χ1v) is 9.31. The van der Waals surface area contributed by atoms with E-state index < -0.39 is 0 Å². The lowest BCUT2D eigenvalue weighted by Crippen LogP contribution is -2.11. The molecule has 1 amide bonds. The molecule has 26 heavy (non-hydrogen) atoms. The minimum absolute atomic E-state index is 0.0462. The van der Waals surface area contributed by atoms with Crippen LogP contribution in [-0.2, 0) is 4.79 Å². The lowest BCUT2D eigenvalue weighted by atomic mass is 10.2. The van der Waals surface area contributed by atoms with E-state index in [9.17, 15) is 9.90 Å². The van der Waals surface area contributed by atoms with Crippen molar-refractivity contribution in [3.63, 3.8) is 0 Å². The molecule has 2 aromatic carbocycles. The first-order valence-electron chi connectivity index (χ1n) is 8.14. The van der Waals surface area contributed by atoms with Crippen LogP contribution in [0.15, 0.2) is 39.8 Å². The van der Waals surface area contributed by atoms with Crippen LogP contribution in [0, 0.1) is 0 Å². The molecule has 2 aromatic rings. The van der Waals surface area contributed by atoms with Gasteiger partial charge in [0.25, 0.3) is 0 Å². The summed E-state index contributed by atoms with van der Waals surface area (Å²) in [5, 5.41) is 13.4. The standard InChI is InChI=1S/C19H20BrClN2O3/c1-3-4-5-18(24)23-16-7-6-14(10-17(16)26-2)22-11-12-8-13(21)9-15(20)19(12)25/h6-11,25H,3-5H2,1-2H3,(H,23,24). The lowest BCUT2D eigenvalue weighted by molar-refractivity contribution is -0.116. The lowest BCUT2D eigenvalue weighted by Gasteiger charge is -2.10. The maximum Gasteiger partial charge on any atom is 0.224 e. The summed E-state index contributed by atoms with van der Waals surface area (Å²) in [5.41, 5.74) is 1.70. The number of methoxy groups -OCH3 is 1. The Labute approximate surface area is 166 Å². The van der Waals surface area contributed by atoms with E-state index in [1.54, 1.807) is 30.3 Å². The molecule has 0 radical (unpaired) electrons. The minimum Gasteiger partial charge on any atom is -0.506 e. The topological polar surface area (TPSA) is 70.9 Å². The third kappa shape index (κ3) is 5.47. The van der Waals surface area contributed by atoms with E-state index in [0.717, 1.165) is 12.8 Å². The number of unbranched alkanes of at least 4 members (excludes halogenated alkanes) is 1. The maximum atomic E-state index is 11.9. The van der Waals surface area contributed by atoms with Crippen LogP contribution < -0.4 is 10.1 Å². The van der Waals surface area contributed by atoms with E-state index >= 15 is 0 Å². The summed E-state index contributed by atoms with van der Waals surface area (Å²) < 4.78 is 5.83. The van der Waals surface area contributed by atoms with Gasteiger partial charge < -0.3 is 15.2 Å². The molecule has 0 fully saturated rings. The van der Waals surface area contributed by atoms with Gasteiger partial charge in [0.2, 0.25) is 5.91 Å². The Morgan fingerprint density at radius 3 is 2.85 bits per heavy atom. The molecule has 138 valence electrons. The van der Waals surface area contributed by atoms with Crippen LogP contribution >= 0.6 is 27.5 Å². The van der Waals surface area contributed by atoms with Gasteiger partial charge in [-0.3, -0.25) is 9.79 Å². The first-order chi connectivity index (χ1) is 12.4. The fourth-order valence-corrected chi connectivity index (χ4v) is 3.08. The van der Waals surface area contributed by atoms with Gasteiger partial charge in [-0.2, -0.15) is 0 Å². The number of amides is 1. The van der Waals surface area contributed by atoms with Crippen molar-refractivity contribution in [1.82, 2.24) is 0 Å². The molecule has 0 aromatic heterocycles. The van der Waals surface area contributed by atoms with Crippen LogP contribution in [0.1, 0.15) is 31.7 Å². The summed E-state index contributed by atoms with van der Waals surface area (Å²) >= 11 is 9.23. The zero-order chi connectivity index (χ0) is 19.1. The number of benzene rings is 2. The number of ether oxygens (including phenoxy) is 1. The molecule has 0 aliphatic rings. The van der Waals surface area contributed by atoms with Crippen molar-refractivity contribution in [2.75, 3.05) is 12.4 Å². The second kappa shape index (κ2) is 9.59. The van der Waals surface area contributed by atoms with E-state index in [4.69, 9.17) is 16.3 Å². The predicted molar refractivity (Wildman–Crippen MR) is 109 cm³/mol. The quantitative estimate of drug-likeness (QED) is 0.544. The highest BCUT2D eigenvalue weighted by Gasteiger charge is 2.09. The second-order valence-corrected chi connectivity index (χ2v) is 6.91. The number of aliphatic imine (C=N–C) groups is 1.